The van der Waals surface area contributed by atoms with Crippen LogP contribution in [0, 0.1) is 29.6 Å². The lowest BCUT2D eigenvalue weighted by molar-refractivity contribution is -0.0570. The predicted molar refractivity (Wildman–Crippen MR) is 65.0 cm³/mol. The van der Waals surface area contributed by atoms with Gasteiger partial charge in [0, 0.05) is 5.92 Å². The van der Waals surface area contributed by atoms with E-state index >= 15 is 0 Å². The van der Waals surface area contributed by atoms with Gasteiger partial charge in [0.25, 0.3) is 0 Å². The van der Waals surface area contributed by atoms with E-state index in [0.29, 0.717) is 23.7 Å². The summed E-state index contributed by atoms with van der Waals surface area (Å²) in [6.45, 7) is 6.53. The summed E-state index contributed by atoms with van der Waals surface area (Å²) < 4.78 is 0. The predicted octanol–water partition coefficient (Wildman–Crippen LogP) is 2.44. The van der Waals surface area contributed by atoms with Crippen molar-refractivity contribution >= 4 is 0 Å². The SMILES string of the molecule is CC[C@H]1CCC2C[C@@H](C(C)C)C(O)C2C1O. The molecule has 0 spiro atoms. The van der Waals surface area contributed by atoms with Gasteiger partial charge in [0.1, 0.15) is 0 Å². The van der Waals surface area contributed by atoms with Crippen molar-refractivity contribution in [2.45, 2.75) is 58.7 Å². The Labute approximate surface area is 99.1 Å². The van der Waals surface area contributed by atoms with Gasteiger partial charge in [0.15, 0.2) is 0 Å². The van der Waals surface area contributed by atoms with Crippen molar-refractivity contribution in [3.8, 4) is 0 Å². The van der Waals surface area contributed by atoms with Gasteiger partial charge in [0.05, 0.1) is 12.2 Å². The second kappa shape index (κ2) is 4.66. The van der Waals surface area contributed by atoms with E-state index in [1.54, 1.807) is 0 Å². The molecule has 2 N–H and O–H groups in total. The summed E-state index contributed by atoms with van der Waals surface area (Å²) in [5.41, 5.74) is 0. The molecule has 4 unspecified atom stereocenters. The Balaban J connectivity index is 2.12. The molecule has 2 heteroatoms. The smallest absolute Gasteiger partial charge is 0.0626 e. The minimum atomic E-state index is -0.269. The quantitative estimate of drug-likeness (QED) is 0.759. The first-order valence-electron chi connectivity index (χ1n) is 6.92. The Kier molecular flexibility index (Phi) is 3.60. The molecular formula is C14H26O2. The molecule has 94 valence electrons. The molecule has 2 rings (SSSR count). The number of fused-ring (bicyclic) bond motifs is 1. The molecule has 2 nitrogen and oxygen atoms in total. The zero-order valence-corrected chi connectivity index (χ0v) is 10.8. The number of aliphatic hydroxyl groups is 2. The third-order valence-electron chi connectivity index (χ3n) is 5.12. The van der Waals surface area contributed by atoms with Crippen molar-refractivity contribution in [1.29, 1.82) is 0 Å². The van der Waals surface area contributed by atoms with Gasteiger partial charge in [-0.3, -0.25) is 0 Å². The largest absolute Gasteiger partial charge is 0.392 e. The molecule has 6 atom stereocenters. The van der Waals surface area contributed by atoms with Gasteiger partial charge in [0.2, 0.25) is 0 Å². The molecule has 16 heavy (non-hydrogen) atoms. The molecule has 0 saturated heterocycles. The third kappa shape index (κ3) is 1.91. The highest BCUT2D eigenvalue weighted by Crippen LogP contribution is 2.49. The van der Waals surface area contributed by atoms with E-state index in [2.05, 4.69) is 20.8 Å². The Bertz CT molecular complexity index is 239. The van der Waals surface area contributed by atoms with Crippen LogP contribution in [-0.2, 0) is 0 Å². The first kappa shape index (κ1) is 12.4. The lowest BCUT2D eigenvalue weighted by Gasteiger charge is -2.38. The number of hydrogen-bond donors (Lipinski definition) is 2. The van der Waals surface area contributed by atoms with Gasteiger partial charge in [-0.1, -0.05) is 27.2 Å². The van der Waals surface area contributed by atoms with Crippen molar-refractivity contribution in [1.82, 2.24) is 0 Å². The summed E-state index contributed by atoms with van der Waals surface area (Å²) in [6.07, 6.45) is 3.99. The topological polar surface area (TPSA) is 40.5 Å². The molecule has 2 aliphatic rings. The number of hydrogen-bond acceptors (Lipinski definition) is 2. The van der Waals surface area contributed by atoms with Crippen LogP contribution in [0.3, 0.4) is 0 Å². The second-order valence-electron chi connectivity index (χ2n) is 6.21. The molecule has 0 amide bonds. The van der Waals surface area contributed by atoms with Gasteiger partial charge in [-0.05, 0) is 42.9 Å². The Hall–Kier alpha value is -0.0800. The van der Waals surface area contributed by atoms with Crippen LogP contribution in [0.5, 0.6) is 0 Å². The molecule has 2 fully saturated rings. The molecule has 0 aliphatic heterocycles. The molecule has 0 aromatic heterocycles. The molecule has 0 aromatic carbocycles. The van der Waals surface area contributed by atoms with Gasteiger partial charge in [-0.25, -0.2) is 0 Å². The molecule has 0 heterocycles. The summed E-state index contributed by atoms with van der Waals surface area (Å²) in [7, 11) is 0. The molecule has 2 saturated carbocycles. The van der Waals surface area contributed by atoms with Crippen LogP contribution in [0.25, 0.3) is 0 Å². The summed E-state index contributed by atoms with van der Waals surface area (Å²) in [6, 6.07) is 0. The van der Waals surface area contributed by atoms with Crippen LogP contribution < -0.4 is 0 Å². The second-order valence-corrected chi connectivity index (χ2v) is 6.21. The maximum atomic E-state index is 10.4. The van der Waals surface area contributed by atoms with Crippen molar-refractivity contribution in [2.75, 3.05) is 0 Å². The van der Waals surface area contributed by atoms with Crippen LogP contribution in [0.4, 0.5) is 0 Å². The Morgan fingerprint density at radius 2 is 1.81 bits per heavy atom. The van der Waals surface area contributed by atoms with Gasteiger partial charge < -0.3 is 10.2 Å². The standard InChI is InChI=1S/C14H26O2/c1-4-9-5-6-10-7-11(8(2)3)14(16)12(10)13(9)15/h8-16H,4-7H2,1-3H3/t9-,10?,11-,12?,13?,14?/m0/s1. The van der Waals surface area contributed by atoms with Crippen molar-refractivity contribution in [3.05, 3.63) is 0 Å². The third-order valence-corrected chi connectivity index (χ3v) is 5.12. The van der Waals surface area contributed by atoms with Crippen LogP contribution in [-0.4, -0.2) is 22.4 Å². The number of aliphatic hydroxyl groups excluding tert-OH is 2. The maximum absolute atomic E-state index is 10.4. The summed E-state index contributed by atoms with van der Waals surface area (Å²) >= 11 is 0. The van der Waals surface area contributed by atoms with E-state index in [9.17, 15) is 10.2 Å². The zero-order chi connectivity index (χ0) is 11.9. The normalized spacial score (nSPS) is 48.4. The molecular weight excluding hydrogens is 200 g/mol. The van der Waals surface area contributed by atoms with Crippen LogP contribution in [0.1, 0.15) is 46.5 Å². The van der Waals surface area contributed by atoms with Gasteiger partial charge in [-0.2, -0.15) is 0 Å². The van der Waals surface area contributed by atoms with Crippen LogP contribution in [0.2, 0.25) is 0 Å². The lowest BCUT2D eigenvalue weighted by Crippen LogP contribution is -2.42. The number of rotatable bonds is 2. The van der Waals surface area contributed by atoms with Gasteiger partial charge >= 0.3 is 0 Å². The monoisotopic (exact) mass is 226 g/mol. The summed E-state index contributed by atoms with van der Waals surface area (Å²) in [4.78, 5) is 0. The molecule has 0 radical (unpaired) electrons. The fourth-order valence-electron chi connectivity index (χ4n) is 4.03. The Morgan fingerprint density at radius 3 is 2.38 bits per heavy atom. The first-order chi connectivity index (χ1) is 7.56. The molecule has 0 bridgehead atoms. The van der Waals surface area contributed by atoms with Crippen molar-refractivity contribution in [2.24, 2.45) is 29.6 Å². The highest BCUT2D eigenvalue weighted by Gasteiger charge is 2.50. The van der Waals surface area contributed by atoms with E-state index in [1.165, 1.54) is 6.42 Å². The van der Waals surface area contributed by atoms with E-state index in [1.807, 2.05) is 0 Å². The molecule has 0 aromatic rings. The first-order valence-corrected chi connectivity index (χ1v) is 6.92. The summed E-state index contributed by atoms with van der Waals surface area (Å²) in [5.74, 6) is 2.08. The average molecular weight is 226 g/mol. The van der Waals surface area contributed by atoms with Gasteiger partial charge in [-0.15, -0.1) is 0 Å². The van der Waals surface area contributed by atoms with E-state index in [0.717, 1.165) is 19.3 Å². The van der Waals surface area contributed by atoms with Crippen molar-refractivity contribution in [3.63, 3.8) is 0 Å². The lowest BCUT2D eigenvalue weighted by atomic mass is 9.72. The highest BCUT2D eigenvalue weighted by atomic mass is 16.3. The van der Waals surface area contributed by atoms with E-state index in [-0.39, 0.29) is 18.1 Å². The molecule has 2 aliphatic carbocycles. The highest BCUT2D eigenvalue weighted by molar-refractivity contribution is 4.99. The van der Waals surface area contributed by atoms with Crippen molar-refractivity contribution < 1.29 is 10.2 Å². The average Bonchev–Trinajstić information content (AvgIpc) is 2.57. The minimum Gasteiger partial charge on any atom is -0.392 e. The van der Waals surface area contributed by atoms with E-state index in [4.69, 9.17) is 0 Å². The maximum Gasteiger partial charge on any atom is 0.0626 e. The zero-order valence-electron chi connectivity index (χ0n) is 10.8. The Morgan fingerprint density at radius 1 is 1.12 bits per heavy atom. The fraction of sp³-hybridized carbons (Fsp3) is 1.00. The minimum absolute atomic E-state index is 0.158. The fourth-order valence-corrected chi connectivity index (χ4v) is 4.03. The van der Waals surface area contributed by atoms with Crippen LogP contribution in [0.15, 0.2) is 0 Å². The van der Waals surface area contributed by atoms with Crippen LogP contribution >= 0.6 is 0 Å². The summed E-state index contributed by atoms with van der Waals surface area (Å²) in [5, 5.41) is 20.7. The van der Waals surface area contributed by atoms with E-state index < -0.39 is 0 Å².